The van der Waals surface area contributed by atoms with E-state index in [9.17, 15) is 9.59 Å². The van der Waals surface area contributed by atoms with Crippen LogP contribution in [0.3, 0.4) is 0 Å². The minimum atomic E-state index is -0.392. The van der Waals surface area contributed by atoms with Crippen molar-refractivity contribution in [1.82, 2.24) is 19.9 Å². The second-order valence-electron chi connectivity index (χ2n) is 7.02. The summed E-state index contributed by atoms with van der Waals surface area (Å²) in [7, 11) is 1.94. The lowest BCUT2D eigenvalue weighted by atomic mass is 10.0. The van der Waals surface area contributed by atoms with Gasteiger partial charge in [-0.3, -0.25) is 14.9 Å². The molecule has 29 heavy (non-hydrogen) atoms. The topological polar surface area (TPSA) is 79.8 Å². The van der Waals surface area contributed by atoms with E-state index in [0.717, 1.165) is 37.4 Å². The fraction of sp³-hybridized carbons (Fsp3) is 0.0455. The van der Waals surface area contributed by atoms with Crippen molar-refractivity contribution >= 4 is 56.4 Å². The first-order valence-corrected chi connectivity index (χ1v) is 9.96. The maximum Gasteiger partial charge on any atom is 0.261 e. The normalized spacial score (nSPS) is 13.6. The Morgan fingerprint density at radius 2 is 1.66 bits per heavy atom. The van der Waals surface area contributed by atoms with Gasteiger partial charge in [-0.05, 0) is 18.2 Å². The number of imide groups is 1. The average Bonchev–Trinajstić information content (AvgIpc) is 3.34. The molecule has 3 heterocycles. The molecule has 6 nitrogen and oxygen atoms in total. The number of imidazole rings is 1. The Bertz CT molecular complexity index is 1500. The lowest BCUT2D eigenvalue weighted by molar-refractivity contribution is 0.0880. The minimum absolute atomic E-state index is 0.359. The molecule has 0 unspecified atom stereocenters. The van der Waals surface area contributed by atoms with Crippen molar-refractivity contribution in [1.29, 1.82) is 0 Å². The fourth-order valence-corrected chi connectivity index (χ4v) is 4.99. The molecule has 140 valence electrons. The molecule has 3 aromatic carbocycles. The van der Waals surface area contributed by atoms with E-state index in [0.29, 0.717) is 16.6 Å². The summed E-state index contributed by atoms with van der Waals surface area (Å²) in [5, 5.41) is 4.90. The standard InChI is InChI=1S/C22H14N4O2S/c1-26-19-17-14(12-9-5-6-10-13(12)23-17)15-16(21(28)25-20(15)27)18(19)24-22(26)29-11-7-3-2-4-8-11/h2-10,23H,1H3,(H,25,27,28). The lowest BCUT2D eigenvalue weighted by Crippen LogP contribution is -2.20. The van der Waals surface area contributed by atoms with E-state index in [-0.39, 0.29) is 5.91 Å². The molecule has 0 radical (unpaired) electrons. The highest BCUT2D eigenvalue weighted by Crippen LogP contribution is 2.40. The summed E-state index contributed by atoms with van der Waals surface area (Å²) < 4.78 is 1.99. The van der Waals surface area contributed by atoms with Crippen molar-refractivity contribution in [2.75, 3.05) is 0 Å². The minimum Gasteiger partial charge on any atom is -0.353 e. The molecule has 0 bridgehead atoms. The number of hydrogen-bond donors (Lipinski definition) is 2. The Kier molecular flexibility index (Phi) is 3.23. The molecule has 6 rings (SSSR count). The van der Waals surface area contributed by atoms with Gasteiger partial charge in [-0.15, -0.1) is 0 Å². The maximum absolute atomic E-state index is 12.7. The Balaban J connectivity index is 1.77. The van der Waals surface area contributed by atoms with Crippen LogP contribution in [0.25, 0.3) is 32.8 Å². The van der Waals surface area contributed by atoms with E-state index in [2.05, 4.69) is 10.3 Å². The van der Waals surface area contributed by atoms with Gasteiger partial charge in [0.1, 0.15) is 5.52 Å². The second-order valence-corrected chi connectivity index (χ2v) is 8.06. The number of nitrogens with zero attached hydrogens (tertiary/aromatic N) is 2. The zero-order valence-corrected chi connectivity index (χ0v) is 16.1. The maximum atomic E-state index is 12.7. The summed E-state index contributed by atoms with van der Waals surface area (Å²) in [5.41, 5.74) is 3.87. The van der Waals surface area contributed by atoms with Crippen molar-refractivity contribution < 1.29 is 9.59 Å². The van der Waals surface area contributed by atoms with Crippen LogP contribution in [0, 0.1) is 0 Å². The van der Waals surface area contributed by atoms with Gasteiger partial charge in [0.05, 0.1) is 22.2 Å². The highest BCUT2D eigenvalue weighted by Gasteiger charge is 2.35. The number of aryl methyl sites for hydroxylation is 1. The Morgan fingerprint density at radius 3 is 2.48 bits per heavy atom. The van der Waals surface area contributed by atoms with Crippen LogP contribution < -0.4 is 5.32 Å². The first kappa shape index (κ1) is 16.4. The predicted octanol–water partition coefficient (Wildman–Crippen LogP) is 4.24. The molecule has 1 aliphatic heterocycles. The number of H-pyrrole nitrogens is 1. The van der Waals surface area contributed by atoms with Crippen LogP contribution in [-0.2, 0) is 7.05 Å². The molecular weight excluding hydrogens is 384 g/mol. The van der Waals surface area contributed by atoms with Crippen molar-refractivity contribution in [3.63, 3.8) is 0 Å². The first-order valence-electron chi connectivity index (χ1n) is 9.15. The monoisotopic (exact) mass is 398 g/mol. The highest BCUT2D eigenvalue weighted by atomic mass is 32.2. The van der Waals surface area contributed by atoms with Crippen LogP contribution >= 0.6 is 11.8 Å². The van der Waals surface area contributed by atoms with Gasteiger partial charge in [-0.2, -0.15) is 0 Å². The molecule has 0 fully saturated rings. The number of benzene rings is 3. The zero-order chi connectivity index (χ0) is 19.7. The molecule has 5 aromatic rings. The summed E-state index contributed by atoms with van der Waals surface area (Å²) in [6, 6.07) is 17.8. The Hall–Kier alpha value is -3.58. The summed E-state index contributed by atoms with van der Waals surface area (Å²) >= 11 is 1.52. The molecule has 0 spiro atoms. The Labute approximate surface area is 168 Å². The van der Waals surface area contributed by atoms with Gasteiger partial charge in [-0.25, -0.2) is 4.98 Å². The average molecular weight is 398 g/mol. The number of carbonyl (C=O) groups is 2. The number of rotatable bonds is 2. The summed E-state index contributed by atoms with van der Waals surface area (Å²) in [4.78, 5) is 34.6. The molecular formula is C22H14N4O2S. The lowest BCUT2D eigenvalue weighted by Gasteiger charge is -2.04. The Morgan fingerprint density at radius 1 is 0.931 bits per heavy atom. The number of fused-ring (bicyclic) bond motifs is 8. The smallest absolute Gasteiger partial charge is 0.261 e. The van der Waals surface area contributed by atoms with E-state index in [1.165, 1.54) is 11.8 Å². The summed E-state index contributed by atoms with van der Waals surface area (Å²) in [6.45, 7) is 0. The van der Waals surface area contributed by atoms with Crippen LogP contribution in [-0.4, -0.2) is 26.3 Å². The van der Waals surface area contributed by atoms with Crippen LogP contribution in [0.15, 0.2) is 64.6 Å². The van der Waals surface area contributed by atoms with Crippen molar-refractivity contribution in [2.45, 2.75) is 10.1 Å². The second kappa shape index (κ2) is 5.71. The van der Waals surface area contributed by atoms with Crippen LogP contribution in [0.1, 0.15) is 20.7 Å². The molecule has 0 atom stereocenters. The van der Waals surface area contributed by atoms with E-state index in [1.807, 2.05) is 66.2 Å². The van der Waals surface area contributed by atoms with Gasteiger partial charge in [-0.1, -0.05) is 48.2 Å². The largest absolute Gasteiger partial charge is 0.353 e. The molecule has 1 aliphatic rings. The highest BCUT2D eigenvalue weighted by molar-refractivity contribution is 7.99. The van der Waals surface area contributed by atoms with E-state index >= 15 is 0 Å². The van der Waals surface area contributed by atoms with Gasteiger partial charge in [0.25, 0.3) is 11.8 Å². The predicted molar refractivity (Wildman–Crippen MR) is 112 cm³/mol. The molecule has 2 amide bonds. The van der Waals surface area contributed by atoms with E-state index < -0.39 is 5.91 Å². The van der Waals surface area contributed by atoms with Crippen LogP contribution in [0.4, 0.5) is 0 Å². The van der Waals surface area contributed by atoms with E-state index in [1.54, 1.807) is 0 Å². The number of amides is 2. The van der Waals surface area contributed by atoms with Crippen LogP contribution in [0.5, 0.6) is 0 Å². The number of aromatic amines is 1. The molecule has 2 aromatic heterocycles. The number of para-hydroxylation sites is 1. The third-order valence-electron chi connectivity index (χ3n) is 5.37. The third-order valence-corrected chi connectivity index (χ3v) is 6.42. The molecule has 7 heteroatoms. The summed E-state index contributed by atoms with van der Waals surface area (Å²) in [6.07, 6.45) is 0. The van der Waals surface area contributed by atoms with Crippen LogP contribution in [0.2, 0.25) is 0 Å². The van der Waals surface area contributed by atoms with E-state index in [4.69, 9.17) is 4.98 Å². The van der Waals surface area contributed by atoms with Gasteiger partial charge in [0.2, 0.25) is 0 Å². The number of hydrogen-bond acceptors (Lipinski definition) is 4. The van der Waals surface area contributed by atoms with Crippen molar-refractivity contribution in [3.05, 3.63) is 65.7 Å². The number of carbonyl (C=O) groups excluding carboxylic acids is 2. The fourth-order valence-electron chi connectivity index (χ4n) is 4.12. The van der Waals surface area contributed by atoms with Gasteiger partial charge < -0.3 is 9.55 Å². The van der Waals surface area contributed by atoms with Gasteiger partial charge in [0.15, 0.2) is 5.16 Å². The third kappa shape index (κ3) is 2.16. The quantitative estimate of drug-likeness (QED) is 0.436. The molecule has 0 aliphatic carbocycles. The molecule has 2 N–H and O–H groups in total. The molecule has 0 saturated carbocycles. The SMILES string of the molecule is Cn1c(Sc2ccccc2)nc2c3c(c4c5ccccc5[nH]c4c21)C(=O)NC3=O. The van der Waals surface area contributed by atoms with Gasteiger partial charge in [0, 0.05) is 28.2 Å². The van der Waals surface area contributed by atoms with Gasteiger partial charge >= 0.3 is 0 Å². The number of nitrogens with one attached hydrogen (secondary N) is 2. The molecule has 0 saturated heterocycles. The first-order chi connectivity index (χ1) is 14.1. The zero-order valence-electron chi connectivity index (χ0n) is 15.3. The van der Waals surface area contributed by atoms with Crippen molar-refractivity contribution in [2.24, 2.45) is 7.05 Å². The summed E-state index contributed by atoms with van der Waals surface area (Å²) in [5.74, 6) is -0.763. The van der Waals surface area contributed by atoms with Crippen molar-refractivity contribution in [3.8, 4) is 0 Å². The number of aromatic nitrogens is 3.